The fourth-order valence-electron chi connectivity index (χ4n) is 3.52. The van der Waals surface area contributed by atoms with Crippen molar-refractivity contribution in [1.29, 1.82) is 5.26 Å². The molecule has 2 heterocycles. The van der Waals surface area contributed by atoms with Gasteiger partial charge in [-0.25, -0.2) is 0 Å². The maximum Gasteiger partial charge on any atom is 0.229 e. The lowest BCUT2D eigenvalue weighted by molar-refractivity contribution is -0.307. The number of hydrogen-bond acceptors (Lipinski definition) is 13. The molecule has 0 amide bonds. The van der Waals surface area contributed by atoms with Crippen molar-refractivity contribution in [2.75, 3.05) is 13.2 Å². The molecule has 0 unspecified atom stereocenters. The van der Waals surface area contributed by atoms with Crippen LogP contribution in [-0.4, -0.2) is 115 Å². The number of aliphatic hydroxyl groups is 8. The SMILES string of the molecule is N#C[C@@H](O[C@@H]1O[C@H](CO)[C@H](O)[C@@H](O)[C@H]1O)c1ccc(O[C@@H]2O[C@@H](CO)[C@H](O)[C@@H](O)[C@@H]2O)cc1. The van der Waals surface area contributed by atoms with Crippen LogP contribution in [0.4, 0.5) is 0 Å². The molecule has 1 aromatic rings. The predicted molar refractivity (Wildman–Crippen MR) is 104 cm³/mol. The lowest BCUT2D eigenvalue weighted by Crippen LogP contribution is -2.60. The number of benzene rings is 1. The third kappa shape index (κ3) is 5.43. The Morgan fingerprint density at radius 2 is 1.24 bits per heavy atom. The Kier molecular flexibility index (Phi) is 8.56. The van der Waals surface area contributed by atoms with E-state index in [0.29, 0.717) is 5.56 Å². The molecular weight excluding hydrogens is 446 g/mol. The highest BCUT2D eigenvalue weighted by Gasteiger charge is 2.46. The average molecular weight is 473 g/mol. The smallest absolute Gasteiger partial charge is 0.229 e. The monoisotopic (exact) mass is 473 g/mol. The van der Waals surface area contributed by atoms with Gasteiger partial charge in [0.15, 0.2) is 12.4 Å². The van der Waals surface area contributed by atoms with E-state index in [1.807, 2.05) is 6.07 Å². The molecule has 184 valence electrons. The summed E-state index contributed by atoms with van der Waals surface area (Å²) in [5.41, 5.74) is 0.301. The molecule has 0 aliphatic carbocycles. The van der Waals surface area contributed by atoms with Gasteiger partial charge >= 0.3 is 0 Å². The van der Waals surface area contributed by atoms with E-state index in [1.54, 1.807) is 0 Å². The number of hydrogen-bond donors (Lipinski definition) is 8. The summed E-state index contributed by atoms with van der Waals surface area (Å²) in [6, 6.07) is 7.52. The second kappa shape index (κ2) is 11.0. The number of rotatable bonds is 7. The molecule has 2 aliphatic heterocycles. The van der Waals surface area contributed by atoms with Gasteiger partial charge in [0.1, 0.15) is 54.6 Å². The van der Waals surface area contributed by atoms with Crippen LogP contribution in [0.2, 0.25) is 0 Å². The number of nitrogens with zero attached hydrogens (tertiary/aromatic N) is 1. The Morgan fingerprint density at radius 1 is 0.758 bits per heavy atom. The van der Waals surface area contributed by atoms with E-state index in [-0.39, 0.29) is 5.75 Å². The Hall–Kier alpha value is -1.93. The zero-order chi connectivity index (χ0) is 24.3. The van der Waals surface area contributed by atoms with E-state index in [0.717, 1.165) is 0 Å². The molecule has 33 heavy (non-hydrogen) atoms. The molecule has 2 aliphatic rings. The second-order valence-electron chi connectivity index (χ2n) is 7.73. The topological polar surface area (TPSA) is 223 Å². The van der Waals surface area contributed by atoms with Gasteiger partial charge in [0.2, 0.25) is 6.29 Å². The number of ether oxygens (including phenoxy) is 4. The van der Waals surface area contributed by atoms with Gasteiger partial charge in [-0.2, -0.15) is 5.26 Å². The first-order valence-electron chi connectivity index (χ1n) is 10.1. The van der Waals surface area contributed by atoms with Crippen molar-refractivity contribution in [3.05, 3.63) is 29.8 Å². The summed E-state index contributed by atoms with van der Waals surface area (Å²) in [6.07, 6.45) is -16.1. The second-order valence-corrected chi connectivity index (χ2v) is 7.73. The number of nitriles is 1. The quantitative estimate of drug-likeness (QED) is 0.191. The van der Waals surface area contributed by atoms with Gasteiger partial charge in [-0.15, -0.1) is 0 Å². The summed E-state index contributed by atoms with van der Waals surface area (Å²) in [5, 5.41) is 87.5. The maximum atomic E-state index is 10.1. The van der Waals surface area contributed by atoms with Crippen LogP contribution >= 0.6 is 0 Å². The molecule has 2 saturated heterocycles. The molecule has 13 heteroatoms. The molecule has 1 aromatic carbocycles. The van der Waals surface area contributed by atoms with E-state index in [2.05, 4.69) is 0 Å². The minimum absolute atomic E-state index is 0.160. The van der Waals surface area contributed by atoms with Gasteiger partial charge in [0.05, 0.1) is 19.3 Å². The van der Waals surface area contributed by atoms with E-state index in [4.69, 9.17) is 18.9 Å². The number of aliphatic hydroxyl groups excluding tert-OH is 8. The minimum atomic E-state index is -1.67. The van der Waals surface area contributed by atoms with E-state index in [1.165, 1.54) is 24.3 Å². The molecule has 11 atom stereocenters. The Labute approximate surface area is 188 Å². The van der Waals surface area contributed by atoms with Crippen LogP contribution in [0.3, 0.4) is 0 Å². The first kappa shape index (κ1) is 25.7. The molecule has 0 aromatic heterocycles. The van der Waals surface area contributed by atoms with Crippen molar-refractivity contribution < 1.29 is 59.8 Å². The Balaban J connectivity index is 1.66. The van der Waals surface area contributed by atoms with Crippen LogP contribution < -0.4 is 4.74 Å². The van der Waals surface area contributed by atoms with Gasteiger partial charge in [0, 0.05) is 0 Å². The molecule has 13 nitrogen and oxygen atoms in total. The summed E-state index contributed by atoms with van der Waals surface area (Å²) >= 11 is 0. The lowest BCUT2D eigenvalue weighted by atomic mass is 9.99. The first-order valence-corrected chi connectivity index (χ1v) is 10.1. The summed E-state index contributed by atoms with van der Waals surface area (Å²) in [6.45, 7) is -1.26. The van der Waals surface area contributed by atoms with E-state index < -0.39 is 80.7 Å². The van der Waals surface area contributed by atoms with Crippen molar-refractivity contribution >= 4 is 0 Å². The molecule has 0 radical (unpaired) electrons. The van der Waals surface area contributed by atoms with Crippen LogP contribution in [0.5, 0.6) is 5.75 Å². The summed E-state index contributed by atoms with van der Waals surface area (Å²) < 4.78 is 21.4. The van der Waals surface area contributed by atoms with Crippen molar-refractivity contribution in [1.82, 2.24) is 0 Å². The van der Waals surface area contributed by atoms with Crippen molar-refractivity contribution in [3.63, 3.8) is 0 Å². The largest absolute Gasteiger partial charge is 0.462 e. The van der Waals surface area contributed by atoms with Crippen molar-refractivity contribution in [3.8, 4) is 11.8 Å². The molecule has 0 saturated carbocycles. The predicted octanol–water partition coefficient (Wildman–Crippen LogP) is -3.75. The van der Waals surface area contributed by atoms with E-state index >= 15 is 0 Å². The first-order chi connectivity index (χ1) is 15.7. The normalized spacial score (nSPS) is 40.1. The Bertz CT molecular complexity index is 799. The highest BCUT2D eigenvalue weighted by molar-refractivity contribution is 5.31. The van der Waals surface area contributed by atoms with Crippen molar-refractivity contribution in [2.24, 2.45) is 0 Å². The summed E-state index contributed by atoms with van der Waals surface area (Å²) in [7, 11) is 0. The molecule has 3 rings (SSSR count). The van der Waals surface area contributed by atoms with Gasteiger partial charge in [0.25, 0.3) is 0 Å². The molecule has 0 spiro atoms. The zero-order valence-corrected chi connectivity index (χ0v) is 17.2. The van der Waals surface area contributed by atoms with Gasteiger partial charge in [-0.1, -0.05) is 12.1 Å². The van der Waals surface area contributed by atoms with Gasteiger partial charge in [-0.05, 0) is 17.7 Å². The Morgan fingerprint density at radius 3 is 1.73 bits per heavy atom. The third-order valence-corrected chi connectivity index (χ3v) is 5.52. The van der Waals surface area contributed by atoms with Gasteiger partial charge in [-0.3, -0.25) is 0 Å². The lowest BCUT2D eigenvalue weighted by Gasteiger charge is -2.40. The van der Waals surface area contributed by atoms with E-state index in [9.17, 15) is 46.1 Å². The highest BCUT2D eigenvalue weighted by atomic mass is 16.7. The maximum absolute atomic E-state index is 10.1. The van der Waals surface area contributed by atoms with Crippen LogP contribution in [0, 0.1) is 11.3 Å². The minimum Gasteiger partial charge on any atom is -0.462 e. The molecule has 2 fully saturated rings. The fraction of sp³-hybridized carbons (Fsp3) is 0.650. The zero-order valence-electron chi connectivity index (χ0n) is 17.2. The van der Waals surface area contributed by atoms with Crippen LogP contribution in [-0.2, 0) is 14.2 Å². The van der Waals surface area contributed by atoms with Gasteiger partial charge < -0.3 is 59.8 Å². The fourth-order valence-corrected chi connectivity index (χ4v) is 3.52. The van der Waals surface area contributed by atoms with Crippen LogP contribution in [0.1, 0.15) is 11.7 Å². The van der Waals surface area contributed by atoms with Crippen molar-refractivity contribution in [2.45, 2.75) is 67.5 Å². The standard InChI is InChI=1S/C20H27NO12/c21-5-10(31-20-18(29)16(27)14(25)12(7-23)33-20)8-1-3-9(4-2-8)30-19-17(28)15(26)13(24)11(6-22)32-19/h1-4,10-20,22-29H,6-7H2/t10-,11+,12-,13+,14+,15-,16-,17+,18-,19-,20-/m1/s1. The average Bonchev–Trinajstić information content (AvgIpc) is 2.83. The third-order valence-electron chi connectivity index (χ3n) is 5.52. The summed E-state index contributed by atoms with van der Waals surface area (Å²) in [5.74, 6) is 0.160. The molecular formula is C20H27NO12. The summed E-state index contributed by atoms with van der Waals surface area (Å²) in [4.78, 5) is 0. The van der Waals surface area contributed by atoms with Crippen LogP contribution in [0.25, 0.3) is 0 Å². The molecule has 0 bridgehead atoms. The highest BCUT2D eigenvalue weighted by Crippen LogP contribution is 2.29. The van der Waals surface area contributed by atoms with Crippen LogP contribution in [0.15, 0.2) is 24.3 Å². The molecule has 8 N–H and O–H groups in total.